The van der Waals surface area contributed by atoms with E-state index in [1.54, 1.807) is 0 Å². The summed E-state index contributed by atoms with van der Waals surface area (Å²) in [7, 11) is 0. The van der Waals surface area contributed by atoms with Crippen LogP contribution < -0.4 is 5.73 Å². The van der Waals surface area contributed by atoms with Crippen molar-refractivity contribution in [1.29, 1.82) is 0 Å². The van der Waals surface area contributed by atoms with Crippen molar-refractivity contribution in [3.63, 3.8) is 0 Å². The minimum absolute atomic E-state index is 0.722. The van der Waals surface area contributed by atoms with Crippen LogP contribution in [-0.4, -0.2) is 6.54 Å². The van der Waals surface area contributed by atoms with E-state index in [0.29, 0.717) is 0 Å². The summed E-state index contributed by atoms with van der Waals surface area (Å²) in [5.41, 5.74) is 8.11. The molecule has 0 saturated heterocycles. The minimum atomic E-state index is 0.722. The lowest BCUT2D eigenvalue weighted by Gasteiger charge is -2.01. The molecule has 16 heavy (non-hydrogen) atoms. The number of thiophene rings is 1. The molecular formula is C13H14BrNS. The van der Waals surface area contributed by atoms with Gasteiger partial charge in [0.2, 0.25) is 0 Å². The normalized spacial score (nSPS) is 10.7. The van der Waals surface area contributed by atoms with Gasteiger partial charge in [0, 0.05) is 14.2 Å². The summed E-state index contributed by atoms with van der Waals surface area (Å²) < 4.78 is 1.16. The summed E-state index contributed by atoms with van der Waals surface area (Å²) in [6, 6.07) is 10.8. The van der Waals surface area contributed by atoms with Crippen LogP contribution in [0.4, 0.5) is 0 Å². The van der Waals surface area contributed by atoms with E-state index in [4.69, 9.17) is 5.73 Å². The molecule has 0 fully saturated rings. The molecule has 2 rings (SSSR count). The molecule has 0 saturated carbocycles. The Labute approximate surface area is 108 Å². The summed E-state index contributed by atoms with van der Waals surface area (Å²) >= 11 is 5.35. The van der Waals surface area contributed by atoms with E-state index in [2.05, 4.69) is 53.2 Å². The predicted molar refractivity (Wildman–Crippen MR) is 75.0 cm³/mol. The van der Waals surface area contributed by atoms with Gasteiger partial charge in [0.1, 0.15) is 0 Å². The van der Waals surface area contributed by atoms with Crippen molar-refractivity contribution in [2.75, 3.05) is 6.54 Å². The highest BCUT2D eigenvalue weighted by molar-refractivity contribution is 9.10. The lowest BCUT2D eigenvalue weighted by molar-refractivity contribution is 0.989. The molecule has 1 aromatic carbocycles. The number of halogens is 1. The highest BCUT2D eigenvalue weighted by atomic mass is 79.9. The van der Waals surface area contributed by atoms with E-state index in [0.717, 1.165) is 17.4 Å². The summed E-state index contributed by atoms with van der Waals surface area (Å²) in [5.74, 6) is 0. The molecule has 2 N–H and O–H groups in total. The van der Waals surface area contributed by atoms with Gasteiger partial charge < -0.3 is 5.73 Å². The fraction of sp³-hybridized carbons (Fsp3) is 0.231. The number of rotatable bonds is 3. The van der Waals surface area contributed by atoms with Crippen molar-refractivity contribution in [1.82, 2.24) is 0 Å². The van der Waals surface area contributed by atoms with Crippen molar-refractivity contribution in [3.05, 3.63) is 45.2 Å². The van der Waals surface area contributed by atoms with E-state index in [1.807, 2.05) is 11.3 Å². The molecule has 1 nitrogen and oxygen atoms in total. The molecule has 0 bridgehead atoms. The summed E-state index contributed by atoms with van der Waals surface area (Å²) in [6.45, 7) is 2.83. The van der Waals surface area contributed by atoms with Crippen LogP contribution in [0.15, 0.2) is 34.8 Å². The molecule has 84 valence electrons. The van der Waals surface area contributed by atoms with Gasteiger partial charge in [-0.05, 0) is 55.3 Å². The van der Waals surface area contributed by atoms with Crippen LogP contribution in [0.2, 0.25) is 0 Å². The van der Waals surface area contributed by atoms with Gasteiger partial charge in [-0.3, -0.25) is 0 Å². The van der Waals surface area contributed by atoms with Crippen LogP contribution >= 0.6 is 27.3 Å². The number of hydrogen-bond donors (Lipinski definition) is 1. The molecule has 0 unspecified atom stereocenters. The summed E-state index contributed by atoms with van der Waals surface area (Å²) in [4.78, 5) is 2.68. The largest absolute Gasteiger partial charge is 0.330 e. The third-order valence-electron chi connectivity index (χ3n) is 2.49. The third-order valence-corrected chi connectivity index (χ3v) is 4.58. The van der Waals surface area contributed by atoms with Gasteiger partial charge in [0.15, 0.2) is 0 Å². The predicted octanol–water partition coefficient (Wildman–Crippen LogP) is 3.99. The minimum Gasteiger partial charge on any atom is -0.330 e. The van der Waals surface area contributed by atoms with E-state index in [9.17, 15) is 0 Å². The Bertz CT molecular complexity index is 490. The van der Waals surface area contributed by atoms with Crippen LogP contribution in [0.1, 0.15) is 10.4 Å². The van der Waals surface area contributed by atoms with Gasteiger partial charge in [-0.25, -0.2) is 0 Å². The Morgan fingerprint density at radius 3 is 2.75 bits per heavy atom. The topological polar surface area (TPSA) is 26.0 Å². The van der Waals surface area contributed by atoms with Gasteiger partial charge in [0.25, 0.3) is 0 Å². The molecule has 1 aromatic heterocycles. The third kappa shape index (κ3) is 2.54. The first-order chi connectivity index (χ1) is 7.70. The molecular weight excluding hydrogens is 282 g/mol. The highest BCUT2D eigenvalue weighted by Crippen LogP contribution is 2.30. The molecule has 3 heteroatoms. The lowest BCUT2D eigenvalue weighted by Crippen LogP contribution is -2.00. The average Bonchev–Trinajstić information content (AvgIpc) is 2.71. The first-order valence-electron chi connectivity index (χ1n) is 5.26. The van der Waals surface area contributed by atoms with Crippen LogP contribution in [0.25, 0.3) is 10.4 Å². The smallest absolute Gasteiger partial charge is 0.0345 e. The molecule has 1 heterocycles. The van der Waals surface area contributed by atoms with Crippen molar-refractivity contribution in [3.8, 4) is 10.4 Å². The molecule has 2 aromatic rings. The zero-order valence-corrected chi connectivity index (χ0v) is 11.6. The molecule has 0 amide bonds. The van der Waals surface area contributed by atoms with Gasteiger partial charge in [-0.2, -0.15) is 0 Å². The second-order valence-corrected chi connectivity index (χ2v) is 5.79. The first-order valence-corrected chi connectivity index (χ1v) is 6.87. The fourth-order valence-corrected chi connectivity index (χ4v) is 2.87. The van der Waals surface area contributed by atoms with Crippen molar-refractivity contribution < 1.29 is 0 Å². The monoisotopic (exact) mass is 295 g/mol. The SMILES string of the molecule is Cc1cc(-c2ccc(CCN)s2)ccc1Br. The second-order valence-electron chi connectivity index (χ2n) is 3.77. The van der Waals surface area contributed by atoms with E-state index >= 15 is 0 Å². The van der Waals surface area contributed by atoms with E-state index in [-0.39, 0.29) is 0 Å². The lowest BCUT2D eigenvalue weighted by atomic mass is 10.1. The maximum Gasteiger partial charge on any atom is 0.0345 e. The van der Waals surface area contributed by atoms with Gasteiger partial charge in [-0.15, -0.1) is 11.3 Å². The van der Waals surface area contributed by atoms with E-state index in [1.165, 1.54) is 20.9 Å². The fourth-order valence-electron chi connectivity index (χ4n) is 1.61. The second kappa shape index (κ2) is 5.13. The van der Waals surface area contributed by atoms with Crippen LogP contribution in [0.3, 0.4) is 0 Å². The quantitative estimate of drug-likeness (QED) is 0.910. The van der Waals surface area contributed by atoms with Crippen molar-refractivity contribution in [2.24, 2.45) is 5.73 Å². The number of nitrogens with two attached hydrogens (primary N) is 1. The summed E-state index contributed by atoms with van der Waals surface area (Å²) in [5, 5.41) is 0. The van der Waals surface area contributed by atoms with E-state index < -0.39 is 0 Å². The first kappa shape index (κ1) is 11.8. The molecule has 0 aliphatic heterocycles. The molecule has 0 spiro atoms. The molecule has 0 aliphatic carbocycles. The van der Waals surface area contributed by atoms with Crippen LogP contribution in [0.5, 0.6) is 0 Å². The van der Waals surface area contributed by atoms with Crippen molar-refractivity contribution in [2.45, 2.75) is 13.3 Å². The maximum atomic E-state index is 5.55. The molecule has 0 radical (unpaired) electrons. The van der Waals surface area contributed by atoms with Gasteiger partial charge in [-0.1, -0.05) is 22.0 Å². The van der Waals surface area contributed by atoms with Crippen LogP contribution in [-0.2, 0) is 6.42 Å². The Kier molecular flexibility index (Phi) is 3.79. The highest BCUT2D eigenvalue weighted by Gasteiger charge is 2.04. The standard InChI is InChI=1S/C13H14BrNS/c1-9-8-10(2-4-12(9)14)13-5-3-11(16-13)6-7-15/h2-5,8H,6-7,15H2,1H3. The number of benzene rings is 1. The number of hydrogen-bond acceptors (Lipinski definition) is 2. The zero-order chi connectivity index (χ0) is 11.5. The Hall–Kier alpha value is -0.640. The average molecular weight is 296 g/mol. The Morgan fingerprint density at radius 1 is 1.25 bits per heavy atom. The van der Waals surface area contributed by atoms with Crippen molar-refractivity contribution >= 4 is 27.3 Å². The van der Waals surface area contributed by atoms with Crippen LogP contribution in [0, 0.1) is 6.92 Å². The Balaban J connectivity index is 2.31. The van der Waals surface area contributed by atoms with Gasteiger partial charge >= 0.3 is 0 Å². The van der Waals surface area contributed by atoms with Gasteiger partial charge in [0.05, 0.1) is 0 Å². The zero-order valence-electron chi connectivity index (χ0n) is 9.16. The molecule has 0 aliphatic rings. The number of aryl methyl sites for hydroxylation is 1. The molecule has 0 atom stereocenters. The summed E-state index contributed by atoms with van der Waals surface area (Å²) in [6.07, 6.45) is 0.972. The maximum absolute atomic E-state index is 5.55. The Morgan fingerprint density at radius 2 is 2.06 bits per heavy atom.